The predicted molar refractivity (Wildman–Crippen MR) is 170 cm³/mol. The van der Waals surface area contributed by atoms with E-state index in [0.29, 0.717) is 30.5 Å². The molecule has 6 rings (SSSR count). The van der Waals surface area contributed by atoms with E-state index in [1.165, 1.54) is 6.42 Å². The third-order valence-electron chi connectivity index (χ3n) is 9.91. The number of aryl methyl sites for hydroxylation is 1. The highest BCUT2D eigenvalue weighted by Crippen LogP contribution is 2.42. The van der Waals surface area contributed by atoms with E-state index in [0.717, 1.165) is 86.4 Å². The lowest BCUT2D eigenvalue weighted by atomic mass is 9.72. The van der Waals surface area contributed by atoms with Crippen LogP contribution in [0, 0.1) is 24.7 Å². The molecular weight excluding hydrogens is 570 g/mol. The molecule has 3 unspecified atom stereocenters. The summed E-state index contributed by atoms with van der Waals surface area (Å²) in [6.07, 6.45) is 13.6. The fourth-order valence-electron chi connectivity index (χ4n) is 7.19. The van der Waals surface area contributed by atoms with E-state index in [9.17, 15) is 14.7 Å². The van der Waals surface area contributed by atoms with Gasteiger partial charge < -0.3 is 19.6 Å². The summed E-state index contributed by atoms with van der Waals surface area (Å²) in [6, 6.07) is 7.68. The molecule has 0 bridgehead atoms. The second-order valence-electron chi connectivity index (χ2n) is 13.1. The number of carbonyl (C=O) groups is 2. The van der Waals surface area contributed by atoms with Gasteiger partial charge in [0.2, 0.25) is 5.91 Å². The van der Waals surface area contributed by atoms with Crippen molar-refractivity contribution in [3.05, 3.63) is 54.0 Å². The minimum absolute atomic E-state index is 0.0325. The van der Waals surface area contributed by atoms with Crippen molar-refractivity contribution in [2.24, 2.45) is 17.8 Å². The molecule has 45 heavy (non-hydrogen) atoms. The lowest BCUT2D eigenvalue weighted by molar-refractivity contribution is -0.126. The Morgan fingerprint density at radius 2 is 1.89 bits per heavy atom. The lowest BCUT2D eigenvalue weighted by Gasteiger charge is -2.39. The number of aliphatic hydroxyl groups is 1. The fourth-order valence-corrected chi connectivity index (χ4v) is 7.19. The summed E-state index contributed by atoms with van der Waals surface area (Å²) in [5.74, 6) is 2.64. The second kappa shape index (κ2) is 14.1. The van der Waals surface area contributed by atoms with Gasteiger partial charge in [-0.1, -0.05) is 19.3 Å². The van der Waals surface area contributed by atoms with E-state index in [1.807, 2.05) is 31.2 Å². The van der Waals surface area contributed by atoms with Crippen LogP contribution >= 0.6 is 0 Å². The first-order valence-corrected chi connectivity index (χ1v) is 16.6. The van der Waals surface area contributed by atoms with Crippen LogP contribution in [0.25, 0.3) is 11.3 Å². The normalized spacial score (nSPS) is 22.2. The zero-order valence-electron chi connectivity index (χ0n) is 26.4. The van der Waals surface area contributed by atoms with E-state index in [4.69, 9.17) is 14.1 Å². The number of amides is 2. The first-order chi connectivity index (χ1) is 21.9. The molecule has 3 atom stereocenters. The highest BCUT2D eigenvalue weighted by molar-refractivity contribution is 5.93. The average molecular weight is 616 g/mol. The summed E-state index contributed by atoms with van der Waals surface area (Å²) in [6.45, 7) is 2.32. The van der Waals surface area contributed by atoms with Crippen molar-refractivity contribution in [3.8, 4) is 17.0 Å². The fraction of sp³-hybridized carbons (Fsp3) is 0.571. The molecule has 2 N–H and O–H groups in total. The third kappa shape index (κ3) is 7.38. The molecule has 3 aromatic heterocycles. The Labute approximate surface area is 265 Å². The molecule has 3 aliphatic rings. The molecule has 0 aliphatic heterocycles. The molecule has 240 valence electrons. The molecule has 3 aliphatic carbocycles. The van der Waals surface area contributed by atoms with Gasteiger partial charge in [-0.25, -0.2) is 9.97 Å². The van der Waals surface area contributed by atoms with Gasteiger partial charge in [0, 0.05) is 48.3 Å². The third-order valence-corrected chi connectivity index (χ3v) is 9.91. The number of nitrogens with zero attached hydrogens (tertiary/aromatic N) is 4. The molecule has 0 spiro atoms. The van der Waals surface area contributed by atoms with Gasteiger partial charge in [-0.15, -0.1) is 0 Å². The van der Waals surface area contributed by atoms with Crippen molar-refractivity contribution in [1.29, 1.82) is 0 Å². The van der Waals surface area contributed by atoms with Gasteiger partial charge in [-0.2, -0.15) is 0 Å². The topological polar surface area (TPSA) is 131 Å². The van der Waals surface area contributed by atoms with Crippen LogP contribution in [0.1, 0.15) is 93.3 Å². The molecule has 10 heteroatoms. The first-order valence-electron chi connectivity index (χ1n) is 16.6. The number of aromatic nitrogens is 3. The Balaban J connectivity index is 1.24. The second-order valence-corrected chi connectivity index (χ2v) is 13.1. The SMILES string of the molecule is COc1ccc(C2CCC(CNC(=O)C3CCCCC3)CC2CN(C(=O)CO)c2cc(-c3coc(C4CC4)n3)ccn2)nc1C. The largest absolute Gasteiger partial charge is 0.495 e. The van der Waals surface area contributed by atoms with Gasteiger partial charge in [0.15, 0.2) is 5.89 Å². The first kappa shape index (κ1) is 31.2. The maximum atomic E-state index is 13.3. The number of anilines is 1. The number of hydrogen-bond donors (Lipinski definition) is 2. The van der Waals surface area contributed by atoms with Crippen molar-refractivity contribution >= 4 is 17.6 Å². The number of oxazole rings is 1. The van der Waals surface area contributed by atoms with Crippen molar-refractivity contribution in [3.63, 3.8) is 0 Å². The zero-order chi connectivity index (χ0) is 31.3. The van der Waals surface area contributed by atoms with Gasteiger partial charge in [0.1, 0.15) is 30.1 Å². The molecule has 3 heterocycles. The van der Waals surface area contributed by atoms with Crippen LogP contribution in [0.4, 0.5) is 5.82 Å². The van der Waals surface area contributed by atoms with Crippen LogP contribution in [0.5, 0.6) is 5.75 Å². The minimum atomic E-state index is -0.625. The van der Waals surface area contributed by atoms with Gasteiger partial charge in [-0.3, -0.25) is 19.5 Å². The Morgan fingerprint density at radius 1 is 1.07 bits per heavy atom. The average Bonchev–Trinajstić information content (AvgIpc) is 3.81. The Bertz CT molecular complexity index is 1480. The van der Waals surface area contributed by atoms with Crippen LogP contribution in [0.15, 0.2) is 41.1 Å². The van der Waals surface area contributed by atoms with Gasteiger partial charge in [0.05, 0.1) is 12.8 Å². The number of hydrogen-bond acceptors (Lipinski definition) is 8. The summed E-state index contributed by atoms with van der Waals surface area (Å²) < 4.78 is 11.2. The highest BCUT2D eigenvalue weighted by Gasteiger charge is 2.36. The van der Waals surface area contributed by atoms with E-state index in [1.54, 1.807) is 24.5 Å². The molecule has 0 aromatic carbocycles. The molecule has 2 amide bonds. The number of aliphatic hydroxyl groups excluding tert-OH is 1. The summed E-state index contributed by atoms with van der Waals surface area (Å²) >= 11 is 0. The lowest BCUT2D eigenvalue weighted by Crippen LogP contribution is -2.43. The number of pyridine rings is 2. The summed E-state index contributed by atoms with van der Waals surface area (Å²) in [4.78, 5) is 42.0. The summed E-state index contributed by atoms with van der Waals surface area (Å²) in [7, 11) is 1.64. The van der Waals surface area contributed by atoms with Crippen molar-refractivity contribution in [1.82, 2.24) is 20.3 Å². The van der Waals surface area contributed by atoms with Gasteiger partial charge in [-0.05, 0) is 88.0 Å². The van der Waals surface area contributed by atoms with E-state index in [2.05, 4.69) is 15.3 Å². The van der Waals surface area contributed by atoms with Gasteiger partial charge in [0.25, 0.3) is 5.91 Å². The van der Waals surface area contributed by atoms with Crippen LogP contribution in [-0.2, 0) is 9.59 Å². The molecule has 3 fully saturated rings. The standard InChI is InChI=1S/C35H45N5O5/c1-22-31(44-2)13-12-29(38-22)28-11-8-23(18-37-34(43)24-6-4-3-5-7-24)16-27(28)19-40(33(42)20-41)32-17-26(14-15-36-32)30-21-45-35(39-30)25-9-10-25/h12-15,17,21,23-25,27-28,41H,3-11,16,18-20H2,1-2H3,(H,37,43). The van der Waals surface area contributed by atoms with Crippen molar-refractivity contribution < 1.29 is 23.8 Å². The zero-order valence-corrected chi connectivity index (χ0v) is 26.4. The summed E-state index contributed by atoms with van der Waals surface area (Å²) in [5.41, 5.74) is 3.31. The van der Waals surface area contributed by atoms with E-state index < -0.39 is 12.5 Å². The molecular formula is C35H45N5O5. The molecule has 3 aromatic rings. The molecule has 3 saturated carbocycles. The van der Waals surface area contributed by atoms with Crippen molar-refractivity contribution in [2.75, 3.05) is 31.7 Å². The molecule has 10 nitrogen and oxygen atoms in total. The van der Waals surface area contributed by atoms with Crippen molar-refractivity contribution in [2.45, 2.75) is 83.0 Å². The van der Waals surface area contributed by atoms with Crippen LogP contribution in [-0.4, -0.2) is 58.7 Å². The number of ether oxygens (including phenoxy) is 1. The molecule has 0 radical (unpaired) electrons. The Hall–Kier alpha value is -3.79. The quantitative estimate of drug-likeness (QED) is 0.287. The monoisotopic (exact) mass is 615 g/mol. The number of carbonyl (C=O) groups excluding carboxylic acids is 2. The summed E-state index contributed by atoms with van der Waals surface area (Å²) in [5, 5.41) is 13.3. The van der Waals surface area contributed by atoms with E-state index in [-0.39, 0.29) is 29.6 Å². The maximum Gasteiger partial charge on any atom is 0.253 e. The molecule has 0 saturated heterocycles. The van der Waals surface area contributed by atoms with E-state index >= 15 is 0 Å². The smallest absolute Gasteiger partial charge is 0.253 e. The van der Waals surface area contributed by atoms with Gasteiger partial charge >= 0.3 is 0 Å². The predicted octanol–water partition coefficient (Wildman–Crippen LogP) is 5.55. The number of methoxy groups -OCH3 is 1. The Kier molecular flexibility index (Phi) is 9.78. The maximum absolute atomic E-state index is 13.3. The minimum Gasteiger partial charge on any atom is -0.495 e. The highest BCUT2D eigenvalue weighted by atomic mass is 16.5. The van der Waals surface area contributed by atoms with Crippen LogP contribution < -0.4 is 15.0 Å². The number of rotatable bonds is 11. The number of nitrogens with one attached hydrogen (secondary N) is 1. The van der Waals surface area contributed by atoms with Crippen LogP contribution in [0.2, 0.25) is 0 Å². The Morgan fingerprint density at radius 3 is 2.62 bits per heavy atom. The van der Waals surface area contributed by atoms with Crippen LogP contribution in [0.3, 0.4) is 0 Å².